The Morgan fingerprint density at radius 1 is 1.42 bits per heavy atom. The van der Waals surface area contributed by atoms with Crippen molar-refractivity contribution in [1.82, 2.24) is 9.97 Å². The van der Waals surface area contributed by atoms with Crippen LogP contribution in [0.5, 0.6) is 5.88 Å². The summed E-state index contributed by atoms with van der Waals surface area (Å²) in [7, 11) is 0. The SMILES string of the molecule is CCOc1ncnc(NC(C)c2ccc(C)s2)c1N. The average molecular weight is 278 g/mol. The predicted molar refractivity (Wildman–Crippen MR) is 78.7 cm³/mol. The van der Waals surface area contributed by atoms with E-state index < -0.39 is 0 Å². The molecule has 2 heterocycles. The number of rotatable bonds is 5. The maximum atomic E-state index is 5.99. The highest BCUT2D eigenvalue weighted by molar-refractivity contribution is 7.12. The van der Waals surface area contributed by atoms with Gasteiger partial charge in [0.25, 0.3) is 0 Å². The van der Waals surface area contributed by atoms with Crippen molar-refractivity contribution < 1.29 is 4.74 Å². The molecular formula is C13H18N4OS. The van der Waals surface area contributed by atoms with Gasteiger partial charge in [-0.2, -0.15) is 4.98 Å². The predicted octanol–water partition coefficient (Wildman–Crippen LogP) is 3.00. The van der Waals surface area contributed by atoms with Crippen LogP contribution < -0.4 is 15.8 Å². The van der Waals surface area contributed by atoms with Crippen molar-refractivity contribution in [3.63, 3.8) is 0 Å². The van der Waals surface area contributed by atoms with E-state index in [1.165, 1.54) is 16.1 Å². The standard InChI is InChI=1S/C13H18N4OS/c1-4-18-13-11(14)12(15-7-16-13)17-9(3)10-6-5-8(2)19-10/h5-7,9H,4,14H2,1-3H3,(H,15,16,17). The van der Waals surface area contributed by atoms with Gasteiger partial charge in [0.05, 0.1) is 12.6 Å². The summed E-state index contributed by atoms with van der Waals surface area (Å²) in [5.74, 6) is 1.03. The van der Waals surface area contributed by atoms with Gasteiger partial charge in [0, 0.05) is 9.75 Å². The minimum atomic E-state index is 0.144. The van der Waals surface area contributed by atoms with E-state index in [4.69, 9.17) is 10.5 Å². The summed E-state index contributed by atoms with van der Waals surface area (Å²) in [5, 5.41) is 3.29. The molecule has 0 aliphatic rings. The topological polar surface area (TPSA) is 73.1 Å². The van der Waals surface area contributed by atoms with Gasteiger partial charge in [-0.15, -0.1) is 11.3 Å². The van der Waals surface area contributed by atoms with Crippen LogP contribution in [0.25, 0.3) is 0 Å². The van der Waals surface area contributed by atoms with Crippen LogP contribution in [0.15, 0.2) is 18.5 Å². The van der Waals surface area contributed by atoms with E-state index in [0.29, 0.717) is 24.0 Å². The number of nitrogens with zero attached hydrogens (tertiary/aromatic N) is 2. The van der Waals surface area contributed by atoms with E-state index in [2.05, 4.69) is 41.3 Å². The van der Waals surface area contributed by atoms with Gasteiger partial charge >= 0.3 is 0 Å². The Morgan fingerprint density at radius 2 is 2.21 bits per heavy atom. The lowest BCUT2D eigenvalue weighted by atomic mass is 10.2. The normalized spacial score (nSPS) is 12.2. The molecule has 0 bridgehead atoms. The summed E-state index contributed by atoms with van der Waals surface area (Å²) in [4.78, 5) is 10.7. The Hall–Kier alpha value is -1.82. The smallest absolute Gasteiger partial charge is 0.242 e. The van der Waals surface area contributed by atoms with Crippen LogP contribution in [0.3, 0.4) is 0 Å². The van der Waals surface area contributed by atoms with Crippen LogP contribution in [0.4, 0.5) is 11.5 Å². The summed E-state index contributed by atoms with van der Waals surface area (Å²) in [6, 6.07) is 4.36. The minimum Gasteiger partial charge on any atom is -0.476 e. The summed E-state index contributed by atoms with van der Waals surface area (Å²) in [5.41, 5.74) is 6.44. The maximum Gasteiger partial charge on any atom is 0.242 e. The van der Waals surface area contributed by atoms with E-state index >= 15 is 0 Å². The molecule has 5 nitrogen and oxygen atoms in total. The fourth-order valence-corrected chi connectivity index (χ4v) is 2.59. The molecule has 0 spiro atoms. The number of thiophene rings is 1. The van der Waals surface area contributed by atoms with Crippen molar-refractivity contribution in [2.24, 2.45) is 0 Å². The molecule has 1 atom stereocenters. The summed E-state index contributed by atoms with van der Waals surface area (Å²) >= 11 is 1.76. The first-order chi connectivity index (χ1) is 9.11. The Labute approximate surface area is 116 Å². The number of hydrogen-bond acceptors (Lipinski definition) is 6. The van der Waals surface area contributed by atoms with Crippen molar-refractivity contribution >= 4 is 22.8 Å². The van der Waals surface area contributed by atoms with Crippen molar-refractivity contribution in [3.8, 4) is 5.88 Å². The summed E-state index contributed by atoms with van der Waals surface area (Å²) in [6.45, 7) is 6.59. The number of aryl methyl sites for hydroxylation is 1. The fraction of sp³-hybridized carbons (Fsp3) is 0.385. The third-order valence-electron chi connectivity index (χ3n) is 2.67. The van der Waals surface area contributed by atoms with Crippen molar-refractivity contribution in [1.29, 1.82) is 0 Å². The lowest BCUT2D eigenvalue weighted by Gasteiger charge is -2.15. The Bertz CT molecular complexity index is 555. The zero-order valence-electron chi connectivity index (χ0n) is 11.3. The molecule has 0 saturated heterocycles. The number of ether oxygens (including phenoxy) is 1. The molecule has 1 unspecified atom stereocenters. The first kappa shape index (κ1) is 13.6. The molecule has 0 radical (unpaired) electrons. The Morgan fingerprint density at radius 3 is 2.84 bits per heavy atom. The molecule has 0 aliphatic carbocycles. The second-order valence-corrected chi connectivity index (χ2v) is 5.51. The number of nitrogens with one attached hydrogen (secondary N) is 1. The Kier molecular flexibility index (Phi) is 4.21. The van der Waals surface area contributed by atoms with Crippen molar-refractivity contribution in [3.05, 3.63) is 28.2 Å². The van der Waals surface area contributed by atoms with Crippen molar-refractivity contribution in [2.75, 3.05) is 17.7 Å². The van der Waals surface area contributed by atoms with Gasteiger partial charge in [0.1, 0.15) is 12.0 Å². The van der Waals surface area contributed by atoms with Gasteiger partial charge in [-0.1, -0.05) is 0 Å². The monoisotopic (exact) mass is 278 g/mol. The van der Waals surface area contributed by atoms with E-state index in [1.807, 2.05) is 6.92 Å². The van der Waals surface area contributed by atoms with E-state index in [0.717, 1.165) is 0 Å². The molecule has 0 amide bonds. The van der Waals surface area contributed by atoms with Crippen LogP contribution in [-0.4, -0.2) is 16.6 Å². The Balaban J connectivity index is 2.16. The van der Waals surface area contributed by atoms with E-state index in [1.54, 1.807) is 11.3 Å². The molecule has 2 aromatic rings. The molecule has 102 valence electrons. The first-order valence-electron chi connectivity index (χ1n) is 6.18. The third-order valence-corrected chi connectivity index (χ3v) is 3.85. The molecular weight excluding hydrogens is 260 g/mol. The van der Waals surface area contributed by atoms with Gasteiger partial charge in [-0.25, -0.2) is 4.98 Å². The highest BCUT2D eigenvalue weighted by Gasteiger charge is 2.13. The molecule has 2 rings (SSSR count). The highest BCUT2D eigenvalue weighted by Crippen LogP contribution is 2.30. The zero-order chi connectivity index (χ0) is 13.8. The average Bonchev–Trinajstić information content (AvgIpc) is 2.81. The second kappa shape index (κ2) is 5.88. The van der Waals surface area contributed by atoms with Gasteiger partial charge in [-0.05, 0) is 32.9 Å². The maximum absolute atomic E-state index is 5.99. The largest absolute Gasteiger partial charge is 0.476 e. The van der Waals surface area contributed by atoms with Gasteiger partial charge in [0.2, 0.25) is 5.88 Å². The van der Waals surface area contributed by atoms with Crippen LogP contribution in [0.1, 0.15) is 29.6 Å². The van der Waals surface area contributed by atoms with Crippen molar-refractivity contribution in [2.45, 2.75) is 26.8 Å². The number of aromatic nitrogens is 2. The molecule has 0 aromatic carbocycles. The molecule has 0 fully saturated rings. The van der Waals surface area contributed by atoms with E-state index in [-0.39, 0.29) is 6.04 Å². The summed E-state index contributed by atoms with van der Waals surface area (Å²) < 4.78 is 5.36. The molecule has 3 N–H and O–H groups in total. The minimum absolute atomic E-state index is 0.144. The highest BCUT2D eigenvalue weighted by atomic mass is 32.1. The second-order valence-electron chi connectivity index (χ2n) is 4.19. The summed E-state index contributed by atoms with van der Waals surface area (Å²) in [6.07, 6.45) is 1.45. The molecule has 0 saturated carbocycles. The van der Waals surface area contributed by atoms with Crippen LogP contribution in [0.2, 0.25) is 0 Å². The molecule has 0 aliphatic heterocycles. The van der Waals surface area contributed by atoms with Crippen LogP contribution >= 0.6 is 11.3 Å². The van der Waals surface area contributed by atoms with Crippen LogP contribution in [0, 0.1) is 6.92 Å². The fourth-order valence-electron chi connectivity index (χ4n) is 1.71. The van der Waals surface area contributed by atoms with Gasteiger partial charge in [-0.3, -0.25) is 0 Å². The van der Waals surface area contributed by atoms with Crippen LogP contribution in [-0.2, 0) is 0 Å². The molecule has 6 heteroatoms. The van der Waals surface area contributed by atoms with Gasteiger partial charge < -0.3 is 15.8 Å². The zero-order valence-corrected chi connectivity index (χ0v) is 12.1. The quantitative estimate of drug-likeness (QED) is 0.879. The number of anilines is 2. The number of hydrogen-bond donors (Lipinski definition) is 2. The number of nitrogen functional groups attached to an aromatic ring is 1. The molecule has 19 heavy (non-hydrogen) atoms. The lowest BCUT2D eigenvalue weighted by molar-refractivity contribution is 0.328. The van der Waals surface area contributed by atoms with E-state index in [9.17, 15) is 0 Å². The van der Waals surface area contributed by atoms with Gasteiger partial charge in [0.15, 0.2) is 5.82 Å². The first-order valence-corrected chi connectivity index (χ1v) is 6.99. The third kappa shape index (κ3) is 3.14. The lowest BCUT2D eigenvalue weighted by Crippen LogP contribution is -2.10. The molecule has 2 aromatic heterocycles. The number of nitrogens with two attached hydrogens (primary N) is 1.